The Balaban J connectivity index is 2.04. The quantitative estimate of drug-likeness (QED) is 0.920. The van der Waals surface area contributed by atoms with Crippen molar-refractivity contribution in [3.63, 3.8) is 0 Å². The Morgan fingerprint density at radius 3 is 2.85 bits per heavy atom. The van der Waals surface area contributed by atoms with Crippen molar-refractivity contribution in [1.29, 1.82) is 0 Å². The van der Waals surface area contributed by atoms with Gasteiger partial charge in [0.05, 0.1) is 5.02 Å². The first kappa shape index (κ1) is 13.2. The maximum Gasteiger partial charge on any atom is 0.231 e. The van der Waals surface area contributed by atoms with E-state index in [-0.39, 0.29) is 6.79 Å². The van der Waals surface area contributed by atoms with E-state index >= 15 is 0 Å². The third kappa shape index (κ3) is 2.21. The van der Waals surface area contributed by atoms with E-state index in [1.807, 2.05) is 6.92 Å². The molecule has 0 aromatic heterocycles. The van der Waals surface area contributed by atoms with Crippen LogP contribution in [0, 0.1) is 12.7 Å². The van der Waals surface area contributed by atoms with Gasteiger partial charge in [-0.2, -0.15) is 0 Å². The second-order valence-corrected chi connectivity index (χ2v) is 5.05. The Hall–Kier alpha value is -1.78. The fraction of sp³-hybridized carbons (Fsp3) is 0.200. The van der Waals surface area contributed by atoms with E-state index in [9.17, 15) is 9.50 Å². The highest BCUT2D eigenvalue weighted by atomic mass is 35.5. The number of aliphatic hydroxyl groups is 1. The molecule has 0 spiro atoms. The zero-order valence-electron chi connectivity index (χ0n) is 10.7. The average molecular weight is 295 g/mol. The highest BCUT2D eigenvalue weighted by molar-refractivity contribution is 6.32. The summed E-state index contributed by atoms with van der Waals surface area (Å²) >= 11 is 6.09. The second kappa shape index (κ2) is 4.96. The highest BCUT2D eigenvalue weighted by Crippen LogP contribution is 2.42. The topological polar surface area (TPSA) is 38.7 Å². The van der Waals surface area contributed by atoms with Crippen LogP contribution in [0.25, 0.3) is 0 Å². The molecule has 0 aliphatic carbocycles. The van der Waals surface area contributed by atoms with Crippen LogP contribution >= 0.6 is 11.6 Å². The zero-order chi connectivity index (χ0) is 14.3. The molecular weight excluding hydrogens is 283 g/mol. The van der Waals surface area contributed by atoms with Crippen molar-refractivity contribution < 1.29 is 19.0 Å². The number of ether oxygens (including phenoxy) is 2. The van der Waals surface area contributed by atoms with Crippen molar-refractivity contribution in [2.45, 2.75) is 13.0 Å². The monoisotopic (exact) mass is 294 g/mol. The van der Waals surface area contributed by atoms with Crippen molar-refractivity contribution >= 4 is 11.6 Å². The molecule has 2 aromatic rings. The molecule has 0 fully saturated rings. The number of halogens is 2. The van der Waals surface area contributed by atoms with E-state index in [0.29, 0.717) is 27.6 Å². The normalized spacial score (nSPS) is 14.4. The van der Waals surface area contributed by atoms with Crippen LogP contribution in [0.4, 0.5) is 4.39 Å². The average Bonchev–Trinajstić information content (AvgIpc) is 2.89. The van der Waals surface area contributed by atoms with Gasteiger partial charge in [-0.1, -0.05) is 17.7 Å². The molecule has 1 heterocycles. The third-order valence-corrected chi connectivity index (χ3v) is 3.58. The fourth-order valence-corrected chi connectivity index (χ4v) is 2.50. The number of hydrogen-bond acceptors (Lipinski definition) is 3. The van der Waals surface area contributed by atoms with E-state index in [4.69, 9.17) is 21.1 Å². The van der Waals surface area contributed by atoms with Crippen molar-refractivity contribution in [2.24, 2.45) is 0 Å². The molecule has 0 radical (unpaired) electrons. The minimum atomic E-state index is -0.974. The molecule has 1 atom stereocenters. The minimum absolute atomic E-state index is 0.105. The van der Waals surface area contributed by atoms with Gasteiger partial charge in [0, 0.05) is 0 Å². The first-order chi connectivity index (χ1) is 9.56. The van der Waals surface area contributed by atoms with E-state index in [0.717, 1.165) is 5.56 Å². The largest absolute Gasteiger partial charge is 0.454 e. The van der Waals surface area contributed by atoms with Crippen LogP contribution < -0.4 is 9.47 Å². The van der Waals surface area contributed by atoms with Gasteiger partial charge in [0.15, 0.2) is 11.5 Å². The summed E-state index contributed by atoms with van der Waals surface area (Å²) in [5, 5.41) is 10.8. The molecule has 0 amide bonds. The summed E-state index contributed by atoms with van der Waals surface area (Å²) in [4.78, 5) is 0. The van der Waals surface area contributed by atoms with Crippen LogP contribution in [0.1, 0.15) is 22.8 Å². The molecule has 1 aliphatic rings. The van der Waals surface area contributed by atoms with Crippen molar-refractivity contribution in [1.82, 2.24) is 0 Å². The van der Waals surface area contributed by atoms with Crippen LogP contribution in [0.15, 0.2) is 30.3 Å². The van der Waals surface area contributed by atoms with Crippen LogP contribution in [0.5, 0.6) is 11.5 Å². The number of rotatable bonds is 2. The molecule has 5 heteroatoms. The lowest BCUT2D eigenvalue weighted by atomic mass is 9.97. The van der Waals surface area contributed by atoms with Crippen LogP contribution in [0.3, 0.4) is 0 Å². The first-order valence-electron chi connectivity index (χ1n) is 6.09. The highest BCUT2D eigenvalue weighted by Gasteiger charge is 2.22. The number of benzene rings is 2. The van der Waals surface area contributed by atoms with Crippen LogP contribution in [-0.2, 0) is 0 Å². The summed E-state index contributed by atoms with van der Waals surface area (Å²) in [6.45, 7) is 1.92. The maximum absolute atomic E-state index is 13.3. The van der Waals surface area contributed by atoms with Gasteiger partial charge in [-0.15, -0.1) is 0 Å². The van der Waals surface area contributed by atoms with Crippen LogP contribution in [0.2, 0.25) is 5.02 Å². The molecule has 0 saturated heterocycles. The number of fused-ring (bicyclic) bond motifs is 1. The predicted octanol–water partition coefficient (Wildman–Crippen LogP) is 3.60. The summed E-state index contributed by atoms with van der Waals surface area (Å²) < 4.78 is 23.8. The molecule has 2 aromatic carbocycles. The molecule has 20 heavy (non-hydrogen) atoms. The molecule has 3 nitrogen and oxygen atoms in total. The molecule has 1 aliphatic heterocycles. The smallest absolute Gasteiger partial charge is 0.231 e. The van der Waals surface area contributed by atoms with Gasteiger partial charge in [0.1, 0.15) is 11.9 Å². The van der Waals surface area contributed by atoms with Gasteiger partial charge >= 0.3 is 0 Å². The van der Waals surface area contributed by atoms with E-state index in [2.05, 4.69) is 0 Å². The standard InChI is InChI=1S/C15H12ClFO3/c1-8-2-3-10(17)6-11(8)14(18)9-4-12(16)15-13(5-9)19-7-20-15/h2-6,14,18H,7H2,1H3. The second-order valence-electron chi connectivity index (χ2n) is 4.64. The maximum atomic E-state index is 13.3. The Morgan fingerprint density at radius 2 is 2.05 bits per heavy atom. The lowest BCUT2D eigenvalue weighted by Gasteiger charge is -2.15. The van der Waals surface area contributed by atoms with E-state index in [1.165, 1.54) is 12.1 Å². The summed E-state index contributed by atoms with van der Waals surface area (Å²) in [6.07, 6.45) is -0.974. The van der Waals surface area contributed by atoms with Gasteiger partial charge in [-0.05, 0) is 47.9 Å². The van der Waals surface area contributed by atoms with Gasteiger partial charge in [0.2, 0.25) is 6.79 Å². The summed E-state index contributed by atoms with van der Waals surface area (Å²) in [7, 11) is 0. The summed E-state index contributed by atoms with van der Waals surface area (Å²) in [6, 6.07) is 7.56. The molecule has 1 unspecified atom stereocenters. The Kier molecular flexibility index (Phi) is 3.28. The first-order valence-corrected chi connectivity index (χ1v) is 6.47. The Bertz CT molecular complexity index is 672. The lowest BCUT2D eigenvalue weighted by molar-refractivity contribution is 0.173. The predicted molar refractivity (Wildman–Crippen MR) is 72.8 cm³/mol. The Labute approximate surface area is 120 Å². The van der Waals surface area contributed by atoms with Crippen molar-refractivity contribution in [3.8, 4) is 11.5 Å². The summed E-state index contributed by atoms with van der Waals surface area (Å²) in [5.74, 6) is 0.565. The third-order valence-electron chi connectivity index (χ3n) is 3.30. The van der Waals surface area contributed by atoms with Crippen molar-refractivity contribution in [2.75, 3.05) is 6.79 Å². The minimum Gasteiger partial charge on any atom is -0.454 e. The molecule has 1 N–H and O–H groups in total. The SMILES string of the molecule is Cc1ccc(F)cc1C(O)c1cc(Cl)c2c(c1)OCO2. The molecular formula is C15H12ClFO3. The van der Waals surface area contributed by atoms with Crippen LogP contribution in [-0.4, -0.2) is 11.9 Å². The van der Waals surface area contributed by atoms with Gasteiger partial charge in [-0.3, -0.25) is 0 Å². The molecule has 0 saturated carbocycles. The van der Waals surface area contributed by atoms with Gasteiger partial charge in [0.25, 0.3) is 0 Å². The van der Waals surface area contributed by atoms with Crippen molar-refractivity contribution in [3.05, 3.63) is 57.9 Å². The molecule has 3 rings (SSSR count). The Morgan fingerprint density at radius 1 is 1.25 bits per heavy atom. The molecule has 104 valence electrons. The lowest BCUT2D eigenvalue weighted by Crippen LogP contribution is -2.03. The zero-order valence-corrected chi connectivity index (χ0v) is 11.4. The van der Waals surface area contributed by atoms with Gasteiger partial charge < -0.3 is 14.6 Å². The van der Waals surface area contributed by atoms with Gasteiger partial charge in [-0.25, -0.2) is 4.39 Å². The fourth-order valence-electron chi connectivity index (χ4n) is 2.23. The number of hydrogen-bond donors (Lipinski definition) is 1. The van der Waals surface area contributed by atoms with E-state index in [1.54, 1.807) is 18.2 Å². The summed E-state index contributed by atoms with van der Waals surface area (Å²) in [5.41, 5.74) is 1.83. The number of aliphatic hydroxyl groups excluding tert-OH is 1. The number of aryl methyl sites for hydroxylation is 1. The molecule has 0 bridgehead atoms. The van der Waals surface area contributed by atoms with E-state index < -0.39 is 11.9 Å².